The second kappa shape index (κ2) is 9.09. The molecule has 0 spiro atoms. The Morgan fingerprint density at radius 3 is 2.64 bits per heavy atom. The maximum atomic E-state index is 12.7. The summed E-state index contributed by atoms with van der Waals surface area (Å²) in [6, 6.07) is 6.64. The van der Waals surface area contributed by atoms with Gasteiger partial charge in [-0.05, 0) is 30.2 Å². The van der Waals surface area contributed by atoms with Gasteiger partial charge in [0.2, 0.25) is 0 Å². The number of benzene rings is 1. The van der Waals surface area contributed by atoms with Crippen molar-refractivity contribution in [1.29, 1.82) is 0 Å². The van der Waals surface area contributed by atoms with Gasteiger partial charge in [-0.3, -0.25) is 15.2 Å². The average molecular weight is 481 g/mol. The largest absolute Gasteiger partial charge is 0.347 e. The molecule has 11 heteroatoms. The lowest BCUT2D eigenvalue weighted by Gasteiger charge is -2.17. The number of carbonyl (C=O) groups excluding carboxylic acids is 1. The highest BCUT2D eigenvalue weighted by Crippen LogP contribution is 2.36. The van der Waals surface area contributed by atoms with Gasteiger partial charge in [0.25, 0.3) is 5.91 Å². The lowest BCUT2D eigenvalue weighted by Crippen LogP contribution is -2.41. The van der Waals surface area contributed by atoms with Crippen LogP contribution in [0.2, 0.25) is 14.4 Å². The van der Waals surface area contributed by atoms with E-state index >= 15 is 0 Å². The Labute approximate surface area is 186 Å². The lowest BCUT2D eigenvalue weighted by atomic mass is 10.1. The Hall–Kier alpha value is -1.19. The van der Waals surface area contributed by atoms with Gasteiger partial charge >= 0.3 is 0 Å². The van der Waals surface area contributed by atoms with E-state index in [1.54, 1.807) is 30.3 Å². The van der Waals surface area contributed by atoms with Crippen LogP contribution in [0.5, 0.6) is 0 Å². The number of hydrogen-bond acceptors (Lipinski definition) is 6. The van der Waals surface area contributed by atoms with Gasteiger partial charge in [0.15, 0.2) is 0 Å². The van der Waals surface area contributed by atoms with Crippen molar-refractivity contribution in [3.05, 3.63) is 59.8 Å². The maximum Gasteiger partial charge on any atom is 0.261 e. The van der Waals surface area contributed by atoms with Crippen LogP contribution < -0.4 is 22.0 Å². The Balaban J connectivity index is 1.75. The minimum atomic E-state index is -0.296. The van der Waals surface area contributed by atoms with Gasteiger partial charge in [0, 0.05) is 35.2 Å². The molecule has 150 valence electrons. The van der Waals surface area contributed by atoms with E-state index in [0.29, 0.717) is 42.1 Å². The number of carbonyl (C=O) groups is 1. The maximum absolute atomic E-state index is 12.7. The molecule has 1 aromatic carbocycles. The van der Waals surface area contributed by atoms with Crippen LogP contribution in [0.3, 0.4) is 0 Å². The summed E-state index contributed by atoms with van der Waals surface area (Å²) in [4.78, 5) is 13.2. The average Bonchev–Trinajstić information content (AvgIpc) is 3.18. The Morgan fingerprint density at radius 1 is 1.29 bits per heavy atom. The standard InChI is InChI=1S/C17H17Cl4N5OS/c1-26-14(15(20)24-25-26)11-6-13(28-16(11)21)17(27)23-10(7-22)4-8-2-3-9(18)5-12(8)19/h2-3,5-6,10,24-25H,4,7,22H2,1H3,(H,23,27)/t10-/m0/s1. The number of thiophene rings is 1. The fourth-order valence-electron chi connectivity index (χ4n) is 2.74. The van der Waals surface area contributed by atoms with E-state index in [1.807, 2.05) is 6.07 Å². The predicted molar refractivity (Wildman–Crippen MR) is 117 cm³/mol. The first-order valence-corrected chi connectivity index (χ1v) is 10.5. The number of nitrogens with zero attached hydrogens (tertiary/aromatic N) is 1. The molecule has 0 saturated heterocycles. The van der Waals surface area contributed by atoms with Crippen LogP contribution in [-0.2, 0) is 6.42 Å². The number of nitrogens with two attached hydrogens (primary N) is 1. The zero-order valence-corrected chi connectivity index (χ0v) is 18.5. The molecule has 0 unspecified atom stereocenters. The fourth-order valence-corrected chi connectivity index (χ4v) is 4.68. The van der Waals surface area contributed by atoms with E-state index in [0.717, 1.165) is 5.56 Å². The monoisotopic (exact) mass is 479 g/mol. The highest BCUT2D eigenvalue weighted by Gasteiger charge is 2.25. The molecule has 1 atom stereocenters. The highest BCUT2D eigenvalue weighted by atomic mass is 35.5. The number of halogens is 4. The number of amides is 1. The third-order valence-electron chi connectivity index (χ3n) is 4.14. The summed E-state index contributed by atoms with van der Waals surface area (Å²) < 4.78 is 0.459. The molecule has 2 heterocycles. The molecule has 0 aliphatic carbocycles. The molecule has 28 heavy (non-hydrogen) atoms. The van der Waals surface area contributed by atoms with Crippen molar-refractivity contribution in [3.63, 3.8) is 0 Å². The molecule has 0 fully saturated rings. The van der Waals surface area contributed by atoms with Crippen molar-refractivity contribution in [2.24, 2.45) is 5.73 Å². The molecule has 1 aromatic heterocycles. The number of nitrogens with one attached hydrogen (secondary N) is 3. The number of hydrogen-bond donors (Lipinski definition) is 4. The van der Waals surface area contributed by atoms with Crippen LogP contribution in [0.4, 0.5) is 0 Å². The fraction of sp³-hybridized carbons (Fsp3) is 0.235. The molecule has 2 aromatic rings. The quantitative estimate of drug-likeness (QED) is 0.472. The smallest absolute Gasteiger partial charge is 0.261 e. The summed E-state index contributed by atoms with van der Waals surface area (Å²) in [5, 5.41) is 6.09. The summed E-state index contributed by atoms with van der Waals surface area (Å²) in [7, 11) is 1.78. The Morgan fingerprint density at radius 2 is 2.04 bits per heavy atom. The summed E-state index contributed by atoms with van der Waals surface area (Å²) in [6.45, 7) is 0.254. The third-order valence-corrected chi connectivity index (χ3v) is 6.36. The first-order chi connectivity index (χ1) is 13.3. The topological polar surface area (TPSA) is 82.4 Å². The molecule has 1 aliphatic heterocycles. The first kappa shape index (κ1) is 21.5. The van der Waals surface area contributed by atoms with Gasteiger partial charge < -0.3 is 11.1 Å². The van der Waals surface area contributed by atoms with Gasteiger partial charge in [0.05, 0.1) is 10.6 Å². The van der Waals surface area contributed by atoms with E-state index in [2.05, 4.69) is 16.3 Å². The van der Waals surface area contributed by atoms with E-state index in [9.17, 15) is 4.79 Å². The van der Waals surface area contributed by atoms with Crippen LogP contribution in [0.25, 0.3) is 5.70 Å². The van der Waals surface area contributed by atoms with E-state index < -0.39 is 0 Å². The van der Waals surface area contributed by atoms with Crippen molar-refractivity contribution < 1.29 is 4.79 Å². The van der Waals surface area contributed by atoms with Crippen molar-refractivity contribution in [2.45, 2.75) is 12.5 Å². The summed E-state index contributed by atoms with van der Waals surface area (Å²) in [5.41, 5.74) is 13.7. The van der Waals surface area contributed by atoms with Gasteiger partial charge in [-0.15, -0.1) is 16.9 Å². The van der Waals surface area contributed by atoms with Crippen LogP contribution in [0.1, 0.15) is 20.8 Å². The minimum Gasteiger partial charge on any atom is -0.347 e. The van der Waals surface area contributed by atoms with E-state index in [4.69, 9.17) is 52.1 Å². The summed E-state index contributed by atoms with van der Waals surface area (Å²) in [5.74, 6) is -0.267. The minimum absolute atomic E-state index is 0.254. The molecule has 5 N–H and O–H groups in total. The second-order valence-corrected chi connectivity index (χ2v) is 8.98. The molecule has 0 saturated carbocycles. The van der Waals surface area contributed by atoms with E-state index in [1.165, 1.54) is 11.3 Å². The van der Waals surface area contributed by atoms with Crippen molar-refractivity contribution in [2.75, 3.05) is 13.6 Å². The van der Waals surface area contributed by atoms with Crippen molar-refractivity contribution >= 4 is 69.3 Å². The molecule has 0 bridgehead atoms. The molecule has 1 amide bonds. The van der Waals surface area contributed by atoms with Crippen LogP contribution in [0.15, 0.2) is 29.4 Å². The number of hydrazine groups is 2. The zero-order valence-electron chi connectivity index (χ0n) is 14.7. The van der Waals surface area contributed by atoms with Crippen LogP contribution in [-0.4, -0.2) is 30.6 Å². The predicted octanol–water partition coefficient (Wildman–Crippen LogP) is 3.83. The Bertz CT molecular complexity index is 932. The van der Waals surface area contributed by atoms with Crippen LogP contribution in [0, 0.1) is 0 Å². The summed E-state index contributed by atoms with van der Waals surface area (Å²) in [6.07, 6.45) is 0.484. The van der Waals surface area contributed by atoms with Crippen molar-refractivity contribution in [1.82, 2.24) is 21.3 Å². The van der Waals surface area contributed by atoms with Gasteiger partial charge in [-0.2, -0.15) is 0 Å². The van der Waals surface area contributed by atoms with Crippen molar-refractivity contribution in [3.8, 4) is 0 Å². The van der Waals surface area contributed by atoms with Gasteiger partial charge in [-0.25, -0.2) is 0 Å². The molecule has 1 aliphatic rings. The zero-order chi connectivity index (χ0) is 20.4. The second-order valence-electron chi connectivity index (χ2n) is 6.10. The first-order valence-electron chi connectivity index (χ1n) is 8.20. The SMILES string of the molecule is CN1NNC(Cl)=C1c1cc(C(=O)N[C@H](CN)Cc2ccc(Cl)cc2Cl)sc1Cl. The third kappa shape index (κ3) is 4.68. The molecule has 0 radical (unpaired) electrons. The molecular weight excluding hydrogens is 464 g/mol. The normalized spacial score (nSPS) is 15.0. The summed E-state index contributed by atoms with van der Waals surface area (Å²) >= 11 is 25.8. The lowest BCUT2D eigenvalue weighted by molar-refractivity contribution is 0.0942. The Kier molecular flexibility index (Phi) is 6.98. The van der Waals surface area contributed by atoms with Gasteiger partial charge in [-0.1, -0.05) is 52.5 Å². The van der Waals surface area contributed by atoms with E-state index in [-0.39, 0.29) is 18.5 Å². The molecular formula is C17H17Cl4N5OS. The molecule has 6 nitrogen and oxygen atoms in total. The molecule has 3 rings (SSSR count). The number of rotatable bonds is 6. The van der Waals surface area contributed by atoms with Gasteiger partial charge in [0.1, 0.15) is 9.49 Å². The van der Waals surface area contributed by atoms with Crippen LogP contribution >= 0.6 is 57.7 Å². The highest BCUT2D eigenvalue weighted by molar-refractivity contribution is 7.18.